The summed E-state index contributed by atoms with van der Waals surface area (Å²) in [6.07, 6.45) is 2.55. The Labute approximate surface area is 116 Å². The normalized spacial score (nSPS) is 13.0. The van der Waals surface area contributed by atoms with Crippen molar-refractivity contribution in [1.29, 1.82) is 0 Å². The molecular weight excluding hydrogens is 270 g/mol. The van der Waals surface area contributed by atoms with Crippen LogP contribution in [-0.2, 0) is 26.7 Å². The molecular formula is C14H11FeNO2. The van der Waals surface area contributed by atoms with Gasteiger partial charge in [0.2, 0.25) is 0 Å². The van der Waals surface area contributed by atoms with Crippen LogP contribution >= 0.6 is 0 Å². The number of rotatable bonds is 1. The third-order valence-corrected chi connectivity index (χ3v) is 2.27. The second kappa shape index (κ2) is 6.74. The summed E-state index contributed by atoms with van der Waals surface area (Å²) in [5.41, 5.74) is 0.634. The number of imide groups is 1. The fraction of sp³-hybridized carbons (Fsp3) is 0. The van der Waals surface area contributed by atoms with Crippen molar-refractivity contribution < 1.29 is 26.7 Å². The summed E-state index contributed by atoms with van der Waals surface area (Å²) in [5.74, 6) is -0.544. The Hall–Kier alpha value is -1.90. The molecule has 1 heterocycles. The fourth-order valence-corrected chi connectivity index (χ4v) is 1.49. The van der Waals surface area contributed by atoms with Gasteiger partial charge < -0.3 is 14.5 Å². The first-order valence-electron chi connectivity index (χ1n) is 5.23. The molecule has 2 aromatic carbocycles. The van der Waals surface area contributed by atoms with E-state index in [1.807, 2.05) is 30.3 Å². The number of hydrogen-bond donors (Lipinski definition) is 0. The molecule has 1 aliphatic rings. The van der Waals surface area contributed by atoms with E-state index in [-0.39, 0.29) is 28.9 Å². The molecule has 0 N–H and O–H groups in total. The standard InChI is InChI=1S/C9H6NO2.C5H5.Fe/c11-8-5-6-9(12)10(8)7-3-1-2-4-7;1-2-4-5-3-1;/h1-6H;1-5H;/q2*-1;+2. The van der Waals surface area contributed by atoms with Gasteiger partial charge in [-0.15, -0.1) is 12.1 Å². The molecule has 2 amide bonds. The summed E-state index contributed by atoms with van der Waals surface area (Å²) in [5, 5.41) is 0. The number of carbonyl (C=O) groups excluding carboxylic acids is 2. The second-order valence-electron chi connectivity index (χ2n) is 3.45. The predicted octanol–water partition coefficient (Wildman–Crippen LogP) is 2.24. The van der Waals surface area contributed by atoms with Gasteiger partial charge in [0.15, 0.2) is 11.8 Å². The first-order chi connectivity index (χ1) is 8.29. The maximum atomic E-state index is 11.1. The second-order valence-corrected chi connectivity index (χ2v) is 3.45. The van der Waals surface area contributed by atoms with Gasteiger partial charge in [0, 0.05) is 0 Å². The van der Waals surface area contributed by atoms with Gasteiger partial charge >= 0.3 is 17.1 Å². The van der Waals surface area contributed by atoms with Crippen LogP contribution in [0.2, 0.25) is 0 Å². The number of hydrogen-bond acceptors (Lipinski definition) is 2. The Balaban J connectivity index is 0.000000230. The summed E-state index contributed by atoms with van der Waals surface area (Å²) < 4.78 is 0. The molecule has 0 saturated heterocycles. The van der Waals surface area contributed by atoms with Gasteiger partial charge in [-0.3, -0.25) is 0 Å². The maximum absolute atomic E-state index is 11.1. The van der Waals surface area contributed by atoms with Crippen LogP contribution < -0.4 is 4.90 Å². The van der Waals surface area contributed by atoms with Gasteiger partial charge in [0.1, 0.15) is 0 Å². The quantitative estimate of drug-likeness (QED) is 0.456. The largest absolute Gasteiger partial charge is 2.00 e. The Kier molecular flexibility index (Phi) is 5.30. The van der Waals surface area contributed by atoms with Crippen LogP contribution in [0.4, 0.5) is 5.69 Å². The molecule has 0 radical (unpaired) electrons. The van der Waals surface area contributed by atoms with Crippen LogP contribution in [0.25, 0.3) is 0 Å². The Morgan fingerprint density at radius 3 is 1.78 bits per heavy atom. The van der Waals surface area contributed by atoms with Crippen LogP contribution in [0.1, 0.15) is 0 Å². The first kappa shape index (κ1) is 14.2. The summed E-state index contributed by atoms with van der Waals surface area (Å²) >= 11 is 0. The molecule has 18 heavy (non-hydrogen) atoms. The van der Waals surface area contributed by atoms with E-state index in [0.29, 0.717) is 5.69 Å². The summed E-state index contributed by atoms with van der Waals surface area (Å²) in [4.78, 5) is 23.3. The molecule has 0 saturated carbocycles. The number of carbonyl (C=O) groups is 2. The molecule has 0 spiro atoms. The summed E-state index contributed by atoms with van der Waals surface area (Å²) in [7, 11) is 0. The molecule has 3 nitrogen and oxygen atoms in total. The molecule has 3 rings (SSSR count). The van der Waals surface area contributed by atoms with Crippen molar-refractivity contribution in [2.24, 2.45) is 0 Å². The summed E-state index contributed by atoms with van der Waals surface area (Å²) in [6.45, 7) is 0. The van der Waals surface area contributed by atoms with E-state index >= 15 is 0 Å². The van der Waals surface area contributed by atoms with E-state index in [1.165, 1.54) is 12.2 Å². The zero-order valence-corrected chi connectivity index (χ0v) is 10.6. The third kappa shape index (κ3) is 3.29. The molecule has 4 heteroatoms. The molecule has 0 aromatic heterocycles. The monoisotopic (exact) mass is 281 g/mol. The third-order valence-electron chi connectivity index (χ3n) is 2.27. The zero-order chi connectivity index (χ0) is 12.1. The molecule has 1 aliphatic heterocycles. The van der Waals surface area contributed by atoms with Gasteiger partial charge in [-0.2, -0.15) is 30.3 Å². The van der Waals surface area contributed by atoms with Gasteiger partial charge in [-0.05, 0) is 17.8 Å². The Morgan fingerprint density at radius 2 is 1.39 bits per heavy atom. The van der Waals surface area contributed by atoms with Crippen LogP contribution in [0.5, 0.6) is 0 Å². The molecule has 92 valence electrons. The number of amides is 2. The van der Waals surface area contributed by atoms with Crippen molar-refractivity contribution in [3.8, 4) is 0 Å². The minimum atomic E-state index is -0.272. The Morgan fingerprint density at radius 1 is 0.889 bits per heavy atom. The van der Waals surface area contributed by atoms with E-state index in [2.05, 4.69) is 0 Å². The molecule has 0 bridgehead atoms. The first-order valence-corrected chi connectivity index (χ1v) is 5.23. The van der Waals surface area contributed by atoms with Gasteiger partial charge in [0.25, 0.3) is 0 Å². The number of anilines is 1. The molecule has 0 unspecified atom stereocenters. The smallest absolute Gasteiger partial charge is 0.342 e. The van der Waals surface area contributed by atoms with E-state index in [0.717, 1.165) is 4.90 Å². The minimum absolute atomic E-state index is 0. The van der Waals surface area contributed by atoms with Gasteiger partial charge in [0.05, 0.1) is 0 Å². The Bertz CT molecular complexity index is 477. The zero-order valence-electron chi connectivity index (χ0n) is 9.47. The average Bonchev–Trinajstić information content (AvgIpc) is 3.02. The van der Waals surface area contributed by atoms with Gasteiger partial charge in [-0.1, -0.05) is 0 Å². The number of nitrogens with zero attached hydrogens (tertiary/aromatic N) is 1. The molecule has 0 fully saturated rings. The van der Waals surface area contributed by atoms with Crippen molar-refractivity contribution >= 4 is 17.5 Å². The van der Waals surface area contributed by atoms with Crippen LogP contribution in [0.15, 0.2) is 66.7 Å². The van der Waals surface area contributed by atoms with E-state index < -0.39 is 0 Å². The molecule has 0 aliphatic carbocycles. The van der Waals surface area contributed by atoms with Crippen molar-refractivity contribution in [2.75, 3.05) is 4.90 Å². The molecule has 2 aromatic rings. The van der Waals surface area contributed by atoms with E-state index in [4.69, 9.17) is 0 Å². The van der Waals surface area contributed by atoms with Crippen molar-refractivity contribution in [2.45, 2.75) is 0 Å². The summed E-state index contributed by atoms with van der Waals surface area (Å²) in [6, 6.07) is 17.0. The molecule has 0 atom stereocenters. The van der Waals surface area contributed by atoms with Crippen LogP contribution in [0, 0.1) is 0 Å². The van der Waals surface area contributed by atoms with E-state index in [1.54, 1.807) is 24.3 Å². The van der Waals surface area contributed by atoms with Crippen molar-refractivity contribution in [3.05, 3.63) is 66.7 Å². The maximum Gasteiger partial charge on any atom is 2.00 e. The van der Waals surface area contributed by atoms with Crippen LogP contribution in [0.3, 0.4) is 0 Å². The van der Waals surface area contributed by atoms with Crippen molar-refractivity contribution in [3.63, 3.8) is 0 Å². The predicted molar refractivity (Wildman–Crippen MR) is 65.7 cm³/mol. The fourth-order valence-electron chi connectivity index (χ4n) is 1.49. The average molecular weight is 281 g/mol. The van der Waals surface area contributed by atoms with Crippen LogP contribution in [-0.4, -0.2) is 11.8 Å². The topological polar surface area (TPSA) is 37.4 Å². The van der Waals surface area contributed by atoms with Gasteiger partial charge in [-0.25, -0.2) is 12.1 Å². The van der Waals surface area contributed by atoms with Crippen molar-refractivity contribution in [1.82, 2.24) is 0 Å². The van der Waals surface area contributed by atoms with E-state index in [9.17, 15) is 9.59 Å². The minimum Gasteiger partial charge on any atom is -0.342 e. The SMILES string of the molecule is O=C1C=CC(=O)N1[c-]1cccc1.[Fe+2].c1cc[cH-]c1.